The number of nitrogens with zero attached hydrogens (tertiary/aromatic N) is 4. The summed E-state index contributed by atoms with van der Waals surface area (Å²) in [6.07, 6.45) is 1.59. The van der Waals surface area contributed by atoms with E-state index in [4.69, 9.17) is 10.6 Å². The summed E-state index contributed by atoms with van der Waals surface area (Å²) in [5.74, 6) is 8.11. The van der Waals surface area contributed by atoms with Crippen LogP contribution in [0.1, 0.15) is 38.4 Å². The van der Waals surface area contributed by atoms with E-state index in [1.165, 1.54) is 0 Å². The van der Waals surface area contributed by atoms with Gasteiger partial charge in [0.1, 0.15) is 17.7 Å². The highest BCUT2D eigenvalue weighted by molar-refractivity contribution is 5.93. The van der Waals surface area contributed by atoms with Crippen molar-refractivity contribution < 1.29 is 4.74 Å². The van der Waals surface area contributed by atoms with Gasteiger partial charge in [-0.25, -0.2) is 15.8 Å². The van der Waals surface area contributed by atoms with Gasteiger partial charge in [-0.3, -0.25) is 5.01 Å². The topological polar surface area (TPSA) is 69.2 Å². The van der Waals surface area contributed by atoms with E-state index >= 15 is 0 Å². The predicted molar refractivity (Wildman–Crippen MR) is 121 cm³/mol. The summed E-state index contributed by atoms with van der Waals surface area (Å²) in [7, 11) is 1.67. The average molecular weight is 402 g/mol. The number of hydrazine groups is 1. The molecular weight excluding hydrogens is 374 g/mol. The molecule has 0 spiro atoms. The van der Waals surface area contributed by atoms with Gasteiger partial charge < -0.3 is 9.30 Å². The van der Waals surface area contributed by atoms with E-state index in [0.717, 1.165) is 33.6 Å². The van der Waals surface area contributed by atoms with Gasteiger partial charge in [0.15, 0.2) is 5.82 Å². The summed E-state index contributed by atoms with van der Waals surface area (Å²) in [5.41, 5.74) is 4.17. The lowest BCUT2D eigenvalue weighted by Gasteiger charge is -2.26. The van der Waals surface area contributed by atoms with Crippen LogP contribution in [-0.4, -0.2) is 21.6 Å². The minimum atomic E-state index is -0.0314. The third kappa shape index (κ3) is 3.50. The molecule has 0 radical (unpaired) electrons. The van der Waals surface area contributed by atoms with Crippen LogP contribution in [0.3, 0.4) is 0 Å². The Bertz CT molecular complexity index is 1140. The standard InChI is InChI=1S/C24H27N5O/c1-16(2)28-22(19-10-12-20(30-4)13-11-19)14-21-23(28)26-15-27-24(21)29(25)17(3)18-8-6-5-7-9-18/h5-17H,25H2,1-4H3/t17-/m1/s1. The highest BCUT2D eigenvalue weighted by Crippen LogP contribution is 2.36. The maximum Gasteiger partial charge on any atom is 0.156 e. The van der Waals surface area contributed by atoms with Crippen LogP contribution in [0.2, 0.25) is 0 Å². The van der Waals surface area contributed by atoms with Crippen LogP contribution in [0.4, 0.5) is 5.82 Å². The van der Waals surface area contributed by atoms with E-state index in [1.807, 2.05) is 30.3 Å². The molecule has 2 N–H and O–H groups in total. The number of anilines is 1. The molecule has 0 unspecified atom stereocenters. The Balaban J connectivity index is 1.84. The Morgan fingerprint density at radius 2 is 1.67 bits per heavy atom. The number of hydrogen-bond donors (Lipinski definition) is 1. The van der Waals surface area contributed by atoms with Gasteiger partial charge in [-0.15, -0.1) is 0 Å². The smallest absolute Gasteiger partial charge is 0.156 e. The molecule has 2 aromatic carbocycles. The summed E-state index contributed by atoms with van der Waals surface area (Å²) in [6, 6.07) is 20.6. The number of hydrogen-bond acceptors (Lipinski definition) is 5. The molecule has 4 aromatic rings. The van der Waals surface area contributed by atoms with Gasteiger partial charge in [0, 0.05) is 6.04 Å². The van der Waals surface area contributed by atoms with Crippen molar-refractivity contribution in [1.82, 2.24) is 14.5 Å². The van der Waals surface area contributed by atoms with Gasteiger partial charge in [-0.1, -0.05) is 30.3 Å². The van der Waals surface area contributed by atoms with Crippen molar-refractivity contribution >= 4 is 16.9 Å². The number of nitrogens with two attached hydrogens (primary N) is 1. The third-order valence-electron chi connectivity index (χ3n) is 5.46. The first-order valence-corrected chi connectivity index (χ1v) is 10.1. The molecule has 1 atom stereocenters. The van der Waals surface area contributed by atoms with Crippen LogP contribution in [0.15, 0.2) is 67.0 Å². The summed E-state index contributed by atoms with van der Waals surface area (Å²) >= 11 is 0. The van der Waals surface area contributed by atoms with Crippen LogP contribution in [-0.2, 0) is 0 Å². The molecule has 0 bridgehead atoms. The Labute approximate surface area is 176 Å². The fourth-order valence-electron chi connectivity index (χ4n) is 3.81. The molecule has 0 saturated carbocycles. The molecule has 6 nitrogen and oxygen atoms in total. The fraction of sp³-hybridized carbons (Fsp3) is 0.250. The molecule has 6 heteroatoms. The van der Waals surface area contributed by atoms with Crippen molar-refractivity contribution in [3.8, 4) is 17.0 Å². The average Bonchev–Trinajstić information content (AvgIpc) is 3.18. The number of ether oxygens (including phenoxy) is 1. The number of rotatable bonds is 6. The lowest BCUT2D eigenvalue weighted by atomic mass is 10.1. The second-order valence-corrected chi connectivity index (χ2v) is 7.65. The van der Waals surface area contributed by atoms with E-state index in [2.05, 4.69) is 65.6 Å². The van der Waals surface area contributed by atoms with Crippen LogP contribution in [0, 0.1) is 0 Å². The Morgan fingerprint density at radius 1 is 0.967 bits per heavy atom. The molecule has 0 fully saturated rings. The molecule has 0 aliphatic carbocycles. The second kappa shape index (κ2) is 8.16. The van der Waals surface area contributed by atoms with Gasteiger partial charge in [0.25, 0.3) is 0 Å². The SMILES string of the molecule is COc1ccc(-c2cc3c(N(N)[C@H](C)c4ccccc4)ncnc3n2C(C)C)cc1. The van der Waals surface area contributed by atoms with Crippen molar-refractivity contribution in [3.63, 3.8) is 0 Å². The maximum absolute atomic E-state index is 6.57. The molecule has 0 aliphatic rings. The molecular formula is C24H27N5O. The van der Waals surface area contributed by atoms with Crippen LogP contribution in [0.25, 0.3) is 22.3 Å². The molecule has 0 aliphatic heterocycles. The Hall–Kier alpha value is -3.38. The number of aromatic nitrogens is 3. The van der Waals surface area contributed by atoms with Gasteiger partial charge in [0.05, 0.1) is 24.2 Å². The van der Waals surface area contributed by atoms with E-state index < -0.39 is 0 Å². The molecule has 0 amide bonds. The van der Waals surface area contributed by atoms with Crippen molar-refractivity contribution in [2.75, 3.05) is 12.1 Å². The fourth-order valence-corrected chi connectivity index (χ4v) is 3.81. The first kappa shape index (κ1) is 19.9. The van der Waals surface area contributed by atoms with Gasteiger partial charge in [-0.05, 0) is 62.2 Å². The molecule has 30 heavy (non-hydrogen) atoms. The minimum Gasteiger partial charge on any atom is -0.497 e. The number of methoxy groups -OCH3 is 1. The molecule has 2 aromatic heterocycles. The Kier molecular flexibility index (Phi) is 5.42. The summed E-state index contributed by atoms with van der Waals surface area (Å²) in [4.78, 5) is 9.15. The van der Waals surface area contributed by atoms with Crippen molar-refractivity contribution in [1.29, 1.82) is 0 Å². The van der Waals surface area contributed by atoms with Crippen LogP contribution < -0.4 is 15.6 Å². The summed E-state index contributed by atoms with van der Waals surface area (Å²) in [6.45, 7) is 6.38. The quantitative estimate of drug-likeness (QED) is 0.358. The monoisotopic (exact) mass is 401 g/mol. The lowest BCUT2D eigenvalue weighted by Crippen LogP contribution is -2.34. The normalized spacial score (nSPS) is 12.3. The first-order valence-electron chi connectivity index (χ1n) is 10.1. The number of benzene rings is 2. The zero-order valence-corrected chi connectivity index (χ0v) is 17.8. The van der Waals surface area contributed by atoms with Crippen LogP contribution >= 0.6 is 0 Å². The lowest BCUT2D eigenvalue weighted by molar-refractivity contribution is 0.415. The highest BCUT2D eigenvalue weighted by Gasteiger charge is 2.22. The van der Waals surface area contributed by atoms with Crippen LogP contribution in [0.5, 0.6) is 5.75 Å². The Morgan fingerprint density at radius 3 is 2.30 bits per heavy atom. The zero-order chi connectivity index (χ0) is 21.3. The summed E-state index contributed by atoms with van der Waals surface area (Å²) in [5, 5.41) is 2.66. The van der Waals surface area contributed by atoms with Gasteiger partial charge in [0.2, 0.25) is 0 Å². The van der Waals surface area contributed by atoms with E-state index in [0.29, 0.717) is 5.82 Å². The molecule has 0 saturated heterocycles. The largest absolute Gasteiger partial charge is 0.497 e. The maximum atomic E-state index is 6.57. The van der Waals surface area contributed by atoms with Gasteiger partial charge >= 0.3 is 0 Å². The summed E-state index contributed by atoms with van der Waals surface area (Å²) < 4.78 is 7.53. The second-order valence-electron chi connectivity index (χ2n) is 7.65. The third-order valence-corrected chi connectivity index (χ3v) is 5.46. The highest BCUT2D eigenvalue weighted by atomic mass is 16.5. The molecule has 2 heterocycles. The van der Waals surface area contributed by atoms with E-state index in [-0.39, 0.29) is 12.1 Å². The predicted octanol–water partition coefficient (Wildman–Crippen LogP) is 5.13. The first-order chi connectivity index (χ1) is 14.5. The van der Waals surface area contributed by atoms with Crippen molar-refractivity contribution in [2.24, 2.45) is 5.84 Å². The van der Waals surface area contributed by atoms with E-state index in [1.54, 1.807) is 18.4 Å². The molecule has 4 rings (SSSR count). The van der Waals surface area contributed by atoms with Gasteiger partial charge in [-0.2, -0.15) is 0 Å². The zero-order valence-electron chi connectivity index (χ0n) is 17.8. The molecule has 154 valence electrons. The number of fused-ring (bicyclic) bond motifs is 1. The van der Waals surface area contributed by atoms with Crippen molar-refractivity contribution in [2.45, 2.75) is 32.9 Å². The van der Waals surface area contributed by atoms with Crippen molar-refractivity contribution in [3.05, 3.63) is 72.6 Å². The van der Waals surface area contributed by atoms with E-state index in [9.17, 15) is 0 Å². The minimum absolute atomic E-state index is 0.0314.